The third-order valence-corrected chi connectivity index (χ3v) is 3.58. The molecule has 0 atom stereocenters. The second kappa shape index (κ2) is 5.27. The van der Waals surface area contributed by atoms with Gasteiger partial charge in [-0.05, 0) is 37.1 Å². The van der Waals surface area contributed by atoms with Crippen molar-refractivity contribution in [2.45, 2.75) is 20.3 Å². The van der Waals surface area contributed by atoms with Gasteiger partial charge in [0.2, 0.25) is 10.0 Å². The molecule has 0 aliphatic carbocycles. The summed E-state index contributed by atoms with van der Waals surface area (Å²) in [5, 5.41) is 0. The summed E-state index contributed by atoms with van der Waals surface area (Å²) in [4.78, 5) is 11.6. The molecule has 0 aliphatic rings. The fraction of sp³-hybridized carbons (Fsp3) is 0.364. The quantitative estimate of drug-likeness (QED) is 0.893. The van der Waals surface area contributed by atoms with Crippen molar-refractivity contribution in [3.8, 4) is 0 Å². The normalized spacial score (nSPS) is 11.2. The molecule has 0 aromatic heterocycles. The molecule has 1 aromatic carbocycles. The fourth-order valence-electron chi connectivity index (χ4n) is 1.31. The van der Waals surface area contributed by atoms with Crippen LogP contribution in [0.3, 0.4) is 0 Å². The Morgan fingerprint density at radius 3 is 2.59 bits per heavy atom. The molecular weight excluding hydrogens is 245 g/mol. The lowest BCUT2D eigenvalue weighted by atomic mass is 10.1. The predicted octanol–water partition coefficient (Wildman–Crippen LogP) is 1.60. The average molecular weight is 259 g/mol. The van der Waals surface area contributed by atoms with Gasteiger partial charge < -0.3 is 0 Å². The Hall–Kier alpha value is -1.43. The van der Waals surface area contributed by atoms with Crippen LogP contribution in [0.15, 0.2) is 18.2 Å². The summed E-state index contributed by atoms with van der Waals surface area (Å²) in [5.41, 5.74) is 0.425. The van der Waals surface area contributed by atoms with Crippen LogP contribution < -0.4 is 4.72 Å². The number of benzene rings is 1. The van der Waals surface area contributed by atoms with Gasteiger partial charge in [0.25, 0.3) is 5.91 Å². The molecule has 0 spiro atoms. The molecule has 0 aliphatic heterocycles. The maximum absolute atomic E-state index is 13.0. The van der Waals surface area contributed by atoms with E-state index in [2.05, 4.69) is 0 Å². The van der Waals surface area contributed by atoms with Crippen molar-refractivity contribution >= 4 is 15.9 Å². The highest BCUT2D eigenvalue weighted by Crippen LogP contribution is 2.09. The van der Waals surface area contributed by atoms with Gasteiger partial charge in [-0.3, -0.25) is 4.79 Å². The van der Waals surface area contributed by atoms with Gasteiger partial charge in [0, 0.05) is 5.56 Å². The number of nitrogens with one attached hydrogen (secondary N) is 1. The van der Waals surface area contributed by atoms with Crippen LogP contribution >= 0.6 is 0 Å². The number of aryl methyl sites for hydroxylation is 1. The van der Waals surface area contributed by atoms with Crippen molar-refractivity contribution in [1.29, 1.82) is 0 Å². The first kappa shape index (κ1) is 13.6. The number of halogens is 1. The minimum Gasteiger partial charge on any atom is -0.268 e. The first-order valence-corrected chi connectivity index (χ1v) is 6.82. The van der Waals surface area contributed by atoms with E-state index < -0.39 is 21.7 Å². The van der Waals surface area contributed by atoms with Crippen LogP contribution in [0.25, 0.3) is 0 Å². The summed E-state index contributed by atoms with van der Waals surface area (Å²) in [7, 11) is -3.60. The molecular formula is C11H14FNO3S. The van der Waals surface area contributed by atoms with E-state index >= 15 is 0 Å². The van der Waals surface area contributed by atoms with E-state index in [1.54, 1.807) is 6.92 Å². The lowest BCUT2D eigenvalue weighted by Crippen LogP contribution is -2.32. The Kier molecular flexibility index (Phi) is 4.22. The van der Waals surface area contributed by atoms with Crippen LogP contribution in [0.1, 0.15) is 29.3 Å². The molecule has 0 radical (unpaired) electrons. The first-order chi connectivity index (χ1) is 7.85. The van der Waals surface area contributed by atoms with Crippen molar-refractivity contribution in [3.05, 3.63) is 35.1 Å². The van der Waals surface area contributed by atoms with Crippen LogP contribution in [0, 0.1) is 12.7 Å². The van der Waals surface area contributed by atoms with Gasteiger partial charge in [-0.1, -0.05) is 6.92 Å². The molecule has 1 aromatic rings. The van der Waals surface area contributed by atoms with Gasteiger partial charge >= 0.3 is 0 Å². The number of amides is 1. The zero-order valence-electron chi connectivity index (χ0n) is 9.66. The molecule has 0 unspecified atom stereocenters. The van der Waals surface area contributed by atoms with Crippen LogP contribution in [0.4, 0.5) is 4.39 Å². The third kappa shape index (κ3) is 3.81. The highest BCUT2D eigenvalue weighted by Gasteiger charge is 2.15. The average Bonchev–Trinajstić information content (AvgIpc) is 2.21. The summed E-state index contributed by atoms with van der Waals surface area (Å²) in [6.45, 7) is 3.21. The summed E-state index contributed by atoms with van der Waals surface area (Å²) in [6.07, 6.45) is 0.422. The van der Waals surface area contributed by atoms with Crippen LogP contribution in [-0.4, -0.2) is 20.1 Å². The van der Waals surface area contributed by atoms with E-state index in [0.717, 1.165) is 6.07 Å². The lowest BCUT2D eigenvalue weighted by molar-refractivity contribution is 0.0981. The monoisotopic (exact) mass is 259 g/mol. The first-order valence-electron chi connectivity index (χ1n) is 5.16. The van der Waals surface area contributed by atoms with Crippen molar-refractivity contribution in [2.75, 3.05) is 5.75 Å². The number of hydrogen-bond acceptors (Lipinski definition) is 3. The maximum atomic E-state index is 13.0. The van der Waals surface area contributed by atoms with E-state index in [1.807, 2.05) is 4.72 Å². The Balaban J connectivity index is 2.87. The number of carbonyl (C=O) groups is 1. The Bertz CT molecular complexity index is 526. The second-order valence-electron chi connectivity index (χ2n) is 3.71. The summed E-state index contributed by atoms with van der Waals surface area (Å²) >= 11 is 0. The van der Waals surface area contributed by atoms with Gasteiger partial charge in [0.05, 0.1) is 5.75 Å². The van der Waals surface area contributed by atoms with Gasteiger partial charge in [0.1, 0.15) is 5.82 Å². The third-order valence-electron chi connectivity index (χ3n) is 2.14. The number of carbonyl (C=O) groups excluding carboxylic acids is 1. The molecule has 0 fully saturated rings. The standard InChI is InChI=1S/C11H14FNO3S/c1-3-6-17(15,16)13-11(14)9-4-5-10(12)8(2)7-9/h4-5,7H,3,6H2,1-2H3,(H,13,14). The molecule has 1 N–H and O–H groups in total. The van der Waals surface area contributed by atoms with E-state index in [1.165, 1.54) is 19.1 Å². The van der Waals surface area contributed by atoms with Crippen LogP contribution in [-0.2, 0) is 10.0 Å². The largest absolute Gasteiger partial charge is 0.268 e. The lowest BCUT2D eigenvalue weighted by Gasteiger charge is -2.06. The van der Waals surface area contributed by atoms with E-state index in [0.29, 0.717) is 12.0 Å². The van der Waals surface area contributed by atoms with E-state index in [9.17, 15) is 17.6 Å². The molecule has 0 saturated heterocycles. The van der Waals surface area contributed by atoms with Gasteiger partial charge in [0.15, 0.2) is 0 Å². The van der Waals surface area contributed by atoms with Crippen molar-refractivity contribution < 1.29 is 17.6 Å². The molecule has 0 bridgehead atoms. The molecule has 1 rings (SSSR count). The van der Waals surface area contributed by atoms with Crippen molar-refractivity contribution in [3.63, 3.8) is 0 Å². The molecule has 1 amide bonds. The zero-order valence-corrected chi connectivity index (χ0v) is 10.5. The smallest absolute Gasteiger partial charge is 0.264 e. The fourth-order valence-corrected chi connectivity index (χ4v) is 2.35. The topological polar surface area (TPSA) is 63.2 Å². The Labute approximate surface area is 99.9 Å². The van der Waals surface area contributed by atoms with Gasteiger partial charge in [-0.25, -0.2) is 17.5 Å². The SMILES string of the molecule is CCCS(=O)(=O)NC(=O)c1ccc(F)c(C)c1. The minimum absolute atomic E-state index is 0.112. The number of rotatable bonds is 4. The second-order valence-corrected chi connectivity index (χ2v) is 5.56. The molecule has 4 nitrogen and oxygen atoms in total. The van der Waals surface area contributed by atoms with Gasteiger partial charge in [-0.15, -0.1) is 0 Å². The molecule has 0 saturated carbocycles. The zero-order chi connectivity index (χ0) is 13.1. The minimum atomic E-state index is -3.60. The molecule has 94 valence electrons. The van der Waals surface area contributed by atoms with E-state index in [-0.39, 0.29) is 11.3 Å². The molecule has 17 heavy (non-hydrogen) atoms. The van der Waals surface area contributed by atoms with Crippen molar-refractivity contribution in [1.82, 2.24) is 4.72 Å². The number of hydrogen-bond donors (Lipinski definition) is 1. The highest BCUT2D eigenvalue weighted by molar-refractivity contribution is 7.90. The highest BCUT2D eigenvalue weighted by atomic mass is 32.2. The molecule has 6 heteroatoms. The Morgan fingerprint density at radius 1 is 1.41 bits per heavy atom. The number of sulfonamides is 1. The van der Waals surface area contributed by atoms with E-state index in [4.69, 9.17) is 0 Å². The predicted molar refractivity (Wildman–Crippen MR) is 62.7 cm³/mol. The van der Waals surface area contributed by atoms with Crippen LogP contribution in [0.2, 0.25) is 0 Å². The van der Waals surface area contributed by atoms with Gasteiger partial charge in [-0.2, -0.15) is 0 Å². The summed E-state index contributed by atoms with van der Waals surface area (Å²) in [6, 6.07) is 3.70. The van der Waals surface area contributed by atoms with Crippen molar-refractivity contribution in [2.24, 2.45) is 0 Å². The van der Waals surface area contributed by atoms with Crippen LogP contribution in [0.5, 0.6) is 0 Å². The Morgan fingerprint density at radius 2 is 2.06 bits per heavy atom. The maximum Gasteiger partial charge on any atom is 0.264 e. The molecule has 0 heterocycles. The summed E-state index contributed by atoms with van der Waals surface area (Å²) in [5.74, 6) is -1.28. The summed E-state index contributed by atoms with van der Waals surface area (Å²) < 4.78 is 37.6.